The van der Waals surface area contributed by atoms with Crippen molar-refractivity contribution >= 4 is 11.9 Å². The quantitative estimate of drug-likeness (QED) is 0.868. The number of nitrogens with zero attached hydrogens (tertiary/aromatic N) is 3. The minimum Gasteiger partial charge on any atom is -0.469 e. The maximum absolute atomic E-state index is 14.0. The first-order valence-electron chi connectivity index (χ1n) is 6.69. The Kier molecular flexibility index (Phi) is 3.55. The standard InChI is InChI=1S/C14H15FN4O2/c1-21-13(20)8-12-17-14-16-7-6-11(19(14)18-12)9-4-2-3-5-10(9)15/h2-5,11H,6-8H2,1H3,(H,16,17,18). The number of nitrogens with one attached hydrogen (secondary N) is 1. The lowest BCUT2D eigenvalue weighted by atomic mass is 10.0. The average Bonchev–Trinajstić information content (AvgIpc) is 2.90. The molecule has 110 valence electrons. The van der Waals surface area contributed by atoms with E-state index in [1.54, 1.807) is 22.9 Å². The van der Waals surface area contributed by atoms with Gasteiger partial charge in [0.25, 0.3) is 0 Å². The van der Waals surface area contributed by atoms with Gasteiger partial charge in [-0.1, -0.05) is 18.2 Å². The lowest BCUT2D eigenvalue weighted by molar-refractivity contribution is -0.139. The predicted octanol–water partition coefficient (Wildman–Crippen LogP) is 1.54. The number of fused-ring (bicyclic) bond motifs is 1. The van der Waals surface area contributed by atoms with Gasteiger partial charge in [-0.05, 0) is 12.5 Å². The van der Waals surface area contributed by atoms with Crippen LogP contribution >= 0.6 is 0 Å². The van der Waals surface area contributed by atoms with Gasteiger partial charge >= 0.3 is 5.97 Å². The van der Waals surface area contributed by atoms with Crippen LogP contribution in [0.5, 0.6) is 0 Å². The topological polar surface area (TPSA) is 69.0 Å². The van der Waals surface area contributed by atoms with E-state index in [1.165, 1.54) is 13.2 Å². The Hall–Kier alpha value is -2.44. The Morgan fingerprint density at radius 3 is 3.10 bits per heavy atom. The molecule has 0 bridgehead atoms. The van der Waals surface area contributed by atoms with Crippen LogP contribution in [-0.2, 0) is 16.0 Å². The van der Waals surface area contributed by atoms with Crippen molar-refractivity contribution in [2.75, 3.05) is 19.0 Å². The van der Waals surface area contributed by atoms with E-state index < -0.39 is 5.97 Å². The Morgan fingerprint density at radius 1 is 1.52 bits per heavy atom. The van der Waals surface area contributed by atoms with Gasteiger partial charge in [-0.3, -0.25) is 4.79 Å². The highest BCUT2D eigenvalue weighted by molar-refractivity contribution is 5.71. The fourth-order valence-corrected chi connectivity index (χ4v) is 2.46. The fourth-order valence-electron chi connectivity index (χ4n) is 2.46. The van der Waals surface area contributed by atoms with Crippen molar-refractivity contribution in [2.24, 2.45) is 0 Å². The number of esters is 1. The van der Waals surface area contributed by atoms with Gasteiger partial charge in [-0.2, -0.15) is 10.1 Å². The maximum Gasteiger partial charge on any atom is 0.313 e. The molecule has 0 spiro atoms. The first-order valence-corrected chi connectivity index (χ1v) is 6.69. The molecule has 1 aromatic heterocycles. The normalized spacial score (nSPS) is 17.0. The first-order chi connectivity index (χ1) is 10.2. The number of carbonyl (C=O) groups excluding carboxylic acids is 1. The van der Waals surface area contributed by atoms with E-state index in [1.807, 2.05) is 0 Å². The van der Waals surface area contributed by atoms with Crippen molar-refractivity contribution in [1.82, 2.24) is 14.8 Å². The number of methoxy groups -OCH3 is 1. The zero-order valence-electron chi connectivity index (χ0n) is 11.5. The van der Waals surface area contributed by atoms with Crippen LogP contribution < -0.4 is 5.32 Å². The largest absolute Gasteiger partial charge is 0.469 e. The second kappa shape index (κ2) is 5.51. The molecule has 21 heavy (non-hydrogen) atoms. The number of benzene rings is 1. The van der Waals surface area contributed by atoms with Gasteiger partial charge in [0.15, 0.2) is 5.82 Å². The Morgan fingerprint density at radius 2 is 2.33 bits per heavy atom. The minimum absolute atomic E-state index is 0.00215. The van der Waals surface area contributed by atoms with Crippen LogP contribution in [0, 0.1) is 5.82 Å². The summed E-state index contributed by atoms with van der Waals surface area (Å²) in [5, 5.41) is 7.42. The van der Waals surface area contributed by atoms with Gasteiger partial charge in [-0.15, -0.1) is 0 Å². The van der Waals surface area contributed by atoms with E-state index in [0.29, 0.717) is 30.3 Å². The Labute approximate surface area is 120 Å². The SMILES string of the molecule is COC(=O)Cc1nc2n(n1)C(c1ccccc1F)CCN2. The average molecular weight is 290 g/mol. The summed E-state index contributed by atoms with van der Waals surface area (Å²) in [7, 11) is 1.32. The van der Waals surface area contributed by atoms with Gasteiger partial charge in [0.2, 0.25) is 5.95 Å². The fraction of sp³-hybridized carbons (Fsp3) is 0.357. The molecule has 7 heteroatoms. The molecule has 6 nitrogen and oxygen atoms in total. The second-order valence-electron chi connectivity index (χ2n) is 4.80. The van der Waals surface area contributed by atoms with Gasteiger partial charge in [0.1, 0.15) is 12.2 Å². The third-order valence-corrected chi connectivity index (χ3v) is 3.47. The highest BCUT2D eigenvalue weighted by Gasteiger charge is 2.26. The van der Waals surface area contributed by atoms with Crippen LogP contribution in [0.15, 0.2) is 24.3 Å². The summed E-state index contributed by atoms with van der Waals surface area (Å²) in [6.07, 6.45) is 0.705. The monoisotopic (exact) mass is 290 g/mol. The summed E-state index contributed by atoms with van der Waals surface area (Å²) in [5.41, 5.74) is 0.578. The van der Waals surface area contributed by atoms with Crippen molar-refractivity contribution in [1.29, 1.82) is 0 Å². The number of aromatic nitrogens is 3. The molecular formula is C14H15FN4O2. The lowest BCUT2D eigenvalue weighted by Gasteiger charge is -2.24. The van der Waals surface area contributed by atoms with Crippen LogP contribution in [0.1, 0.15) is 23.9 Å². The van der Waals surface area contributed by atoms with Crippen LogP contribution in [0.2, 0.25) is 0 Å². The van der Waals surface area contributed by atoms with E-state index in [-0.39, 0.29) is 18.3 Å². The molecule has 1 aromatic carbocycles. The minimum atomic E-state index is -0.402. The third kappa shape index (κ3) is 2.58. The molecule has 0 fully saturated rings. The molecule has 0 saturated carbocycles. The van der Waals surface area contributed by atoms with E-state index >= 15 is 0 Å². The number of hydrogen-bond acceptors (Lipinski definition) is 5. The molecule has 0 radical (unpaired) electrons. The predicted molar refractivity (Wildman–Crippen MR) is 73.4 cm³/mol. The molecule has 1 atom stereocenters. The molecule has 1 aliphatic rings. The summed E-state index contributed by atoms with van der Waals surface area (Å²) in [6, 6.07) is 6.42. The van der Waals surface area contributed by atoms with Crippen molar-refractivity contribution in [3.63, 3.8) is 0 Å². The summed E-state index contributed by atoms with van der Waals surface area (Å²) in [4.78, 5) is 15.6. The molecule has 1 unspecified atom stereocenters. The number of ether oxygens (including phenoxy) is 1. The molecule has 1 aliphatic heterocycles. The van der Waals surface area contributed by atoms with E-state index in [0.717, 1.165) is 0 Å². The van der Waals surface area contributed by atoms with Crippen LogP contribution in [0.3, 0.4) is 0 Å². The van der Waals surface area contributed by atoms with Gasteiger partial charge in [0.05, 0.1) is 13.2 Å². The zero-order chi connectivity index (χ0) is 14.8. The van der Waals surface area contributed by atoms with Crippen molar-refractivity contribution < 1.29 is 13.9 Å². The summed E-state index contributed by atoms with van der Waals surface area (Å²) >= 11 is 0. The molecule has 2 aromatic rings. The van der Waals surface area contributed by atoms with Crippen LogP contribution in [-0.4, -0.2) is 34.4 Å². The van der Waals surface area contributed by atoms with E-state index in [4.69, 9.17) is 0 Å². The van der Waals surface area contributed by atoms with Gasteiger partial charge in [-0.25, -0.2) is 9.07 Å². The van der Waals surface area contributed by atoms with Gasteiger partial charge in [0, 0.05) is 12.1 Å². The first kappa shape index (κ1) is 13.5. The summed E-state index contributed by atoms with van der Waals surface area (Å²) in [5.74, 6) is 0.252. The van der Waals surface area contributed by atoms with Gasteiger partial charge < -0.3 is 10.1 Å². The molecular weight excluding hydrogens is 275 g/mol. The highest BCUT2D eigenvalue weighted by Crippen LogP contribution is 2.29. The number of anilines is 1. The molecule has 0 saturated heterocycles. The zero-order valence-corrected chi connectivity index (χ0v) is 11.5. The molecule has 1 N–H and O–H groups in total. The summed E-state index contributed by atoms with van der Waals surface area (Å²) < 4.78 is 20.2. The van der Waals surface area contributed by atoms with Crippen molar-refractivity contribution in [3.05, 3.63) is 41.5 Å². The van der Waals surface area contributed by atoms with E-state index in [9.17, 15) is 9.18 Å². The third-order valence-electron chi connectivity index (χ3n) is 3.47. The molecule has 2 heterocycles. The molecule has 0 aliphatic carbocycles. The van der Waals surface area contributed by atoms with Crippen LogP contribution in [0.4, 0.5) is 10.3 Å². The van der Waals surface area contributed by atoms with Crippen molar-refractivity contribution in [2.45, 2.75) is 18.9 Å². The summed E-state index contributed by atoms with van der Waals surface area (Å²) in [6.45, 7) is 0.676. The van der Waals surface area contributed by atoms with E-state index in [2.05, 4.69) is 20.1 Å². The Bertz CT molecular complexity index is 671. The number of rotatable bonds is 3. The Balaban J connectivity index is 1.95. The second-order valence-corrected chi connectivity index (χ2v) is 4.80. The number of hydrogen-bond donors (Lipinski definition) is 1. The lowest BCUT2D eigenvalue weighted by Crippen LogP contribution is -2.25. The number of carbonyl (C=O) groups is 1. The highest BCUT2D eigenvalue weighted by atomic mass is 19.1. The smallest absolute Gasteiger partial charge is 0.313 e. The molecule has 3 rings (SSSR count). The molecule has 0 amide bonds. The van der Waals surface area contributed by atoms with Crippen molar-refractivity contribution in [3.8, 4) is 0 Å². The number of halogens is 1. The maximum atomic E-state index is 14.0. The van der Waals surface area contributed by atoms with Crippen LogP contribution in [0.25, 0.3) is 0 Å².